The molecule has 132 valence electrons. The second-order valence-electron chi connectivity index (χ2n) is 5.97. The standard InChI is InChI=1S/C18H16N4O4/c1-10-5-4-8-21-16(10)19-12(3)15(18(21)24)20-17(23)13-6-7-14(22(25)26)11(2)9-13/h4-9H,1-3H3,(H,20,23). The van der Waals surface area contributed by atoms with Gasteiger partial charge in [-0.3, -0.25) is 24.1 Å². The van der Waals surface area contributed by atoms with Gasteiger partial charge in [-0.2, -0.15) is 0 Å². The van der Waals surface area contributed by atoms with E-state index in [-0.39, 0.29) is 22.5 Å². The second kappa shape index (κ2) is 6.40. The number of pyridine rings is 1. The maximum atomic E-state index is 12.7. The molecule has 0 saturated carbocycles. The van der Waals surface area contributed by atoms with Gasteiger partial charge in [0.1, 0.15) is 11.3 Å². The molecule has 0 radical (unpaired) electrons. The molecular formula is C18H16N4O4. The third kappa shape index (κ3) is 2.92. The lowest BCUT2D eigenvalue weighted by atomic mass is 10.1. The van der Waals surface area contributed by atoms with Crippen LogP contribution < -0.4 is 10.9 Å². The molecule has 0 bridgehead atoms. The van der Waals surface area contributed by atoms with Gasteiger partial charge in [0.25, 0.3) is 17.2 Å². The van der Waals surface area contributed by atoms with Crippen LogP contribution >= 0.6 is 0 Å². The van der Waals surface area contributed by atoms with Crippen molar-refractivity contribution in [3.63, 3.8) is 0 Å². The molecule has 0 aliphatic rings. The van der Waals surface area contributed by atoms with Crippen LogP contribution in [0.1, 0.15) is 27.2 Å². The Hall–Kier alpha value is -3.55. The molecule has 0 unspecified atom stereocenters. The average Bonchev–Trinajstić information content (AvgIpc) is 2.59. The quantitative estimate of drug-likeness (QED) is 0.576. The monoisotopic (exact) mass is 352 g/mol. The van der Waals surface area contributed by atoms with E-state index in [0.29, 0.717) is 16.9 Å². The maximum absolute atomic E-state index is 12.7. The van der Waals surface area contributed by atoms with Crippen molar-refractivity contribution in [1.82, 2.24) is 9.38 Å². The number of rotatable bonds is 3. The summed E-state index contributed by atoms with van der Waals surface area (Å²) in [5.41, 5.74) is 1.98. The highest BCUT2D eigenvalue weighted by atomic mass is 16.6. The van der Waals surface area contributed by atoms with Crippen molar-refractivity contribution in [2.45, 2.75) is 20.8 Å². The van der Waals surface area contributed by atoms with Gasteiger partial charge in [0.15, 0.2) is 0 Å². The molecule has 0 saturated heterocycles. The van der Waals surface area contributed by atoms with Gasteiger partial charge < -0.3 is 5.32 Å². The highest BCUT2D eigenvalue weighted by Crippen LogP contribution is 2.20. The van der Waals surface area contributed by atoms with Crippen LogP contribution in [0.25, 0.3) is 5.65 Å². The Morgan fingerprint density at radius 1 is 1.19 bits per heavy atom. The molecule has 0 fully saturated rings. The van der Waals surface area contributed by atoms with E-state index in [1.807, 2.05) is 13.0 Å². The Labute approximate surface area is 148 Å². The van der Waals surface area contributed by atoms with E-state index >= 15 is 0 Å². The first-order chi connectivity index (χ1) is 12.3. The van der Waals surface area contributed by atoms with Crippen molar-refractivity contribution in [2.75, 3.05) is 5.32 Å². The number of nitro groups is 1. The third-order valence-electron chi connectivity index (χ3n) is 4.12. The van der Waals surface area contributed by atoms with Gasteiger partial charge in [-0.25, -0.2) is 4.98 Å². The molecule has 26 heavy (non-hydrogen) atoms. The number of hydrogen-bond donors (Lipinski definition) is 1. The summed E-state index contributed by atoms with van der Waals surface area (Å²) >= 11 is 0. The molecule has 1 amide bonds. The summed E-state index contributed by atoms with van der Waals surface area (Å²) < 4.78 is 1.37. The molecule has 0 atom stereocenters. The van der Waals surface area contributed by atoms with Gasteiger partial charge in [0.2, 0.25) is 0 Å². The third-order valence-corrected chi connectivity index (χ3v) is 4.12. The van der Waals surface area contributed by atoms with Crippen LogP contribution in [0.5, 0.6) is 0 Å². The molecule has 3 rings (SSSR count). The van der Waals surface area contributed by atoms with Crippen LogP contribution in [0.2, 0.25) is 0 Å². The van der Waals surface area contributed by atoms with Crippen LogP contribution in [0.3, 0.4) is 0 Å². The SMILES string of the molecule is Cc1cc(C(=O)Nc2c(C)nc3c(C)cccn3c2=O)ccc1[N+](=O)[O-]. The summed E-state index contributed by atoms with van der Waals surface area (Å²) in [6, 6.07) is 7.61. The van der Waals surface area contributed by atoms with E-state index in [0.717, 1.165) is 5.56 Å². The Morgan fingerprint density at radius 2 is 1.92 bits per heavy atom. The van der Waals surface area contributed by atoms with Crippen molar-refractivity contribution in [3.05, 3.63) is 79.4 Å². The van der Waals surface area contributed by atoms with E-state index < -0.39 is 10.8 Å². The molecule has 1 N–H and O–H groups in total. The Balaban J connectivity index is 2.01. The highest BCUT2D eigenvalue weighted by molar-refractivity contribution is 6.04. The first kappa shape index (κ1) is 17.3. The number of carbonyl (C=O) groups is 1. The number of aryl methyl sites for hydroxylation is 3. The van der Waals surface area contributed by atoms with Crippen molar-refractivity contribution in [2.24, 2.45) is 0 Å². The van der Waals surface area contributed by atoms with Crippen molar-refractivity contribution >= 4 is 22.9 Å². The normalized spacial score (nSPS) is 10.7. The zero-order chi connectivity index (χ0) is 19.0. The maximum Gasteiger partial charge on any atom is 0.281 e. The lowest BCUT2D eigenvalue weighted by Gasteiger charge is -2.11. The Morgan fingerprint density at radius 3 is 2.58 bits per heavy atom. The number of hydrogen-bond acceptors (Lipinski definition) is 5. The number of benzene rings is 1. The summed E-state index contributed by atoms with van der Waals surface area (Å²) in [7, 11) is 0. The number of anilines is 1. The van der Waals surface area contributed by atoms with Crippen LogP contribution in [-0.4, -0.2) is 20.2 Å². The van der Waals surface area contributed by atoms with Crippen LogP contribution in [0, 0.1) is 30.9 Å². The van der Waals surface area contributed by atoms with Gasteiger partial charge in [0, 0.05) is 23.4 Å². The lowest BCUT2D eigenvalue weighted by molar-refractivity contribution is -0.385. The van der Waals surface area contributed by atoms with Crippen LogP contribution in [-0.2, 0) is 0 Å². The average molecular weight is 352 g/mol. The fourth-order valence-corrected chi connectivity index (χ4v) is 2.74. The molecule has 1 aromatic carbocycles. The van der Waals surface area contributed by atoms with Gasteiger partial charge >= 0.3 is 0 Å². The minimum atomic E-state index is -0.530. The fourth-order valence-electron chi connectivity index (χ4n) is 2.74. The minimum Gasteiger partial charge on any atom is -0.316 e. The van der Waals surface area contributed by atoms with Gasteiger partial charge in [-0.1, -0.05) is 6.07 Å². The van der Waals surface area contributed by atoms with E-state index in [1.54, 1.807) is 26.1 Å². The number of nitro benzene ring substituents is 1. The van der Waals surface area contributed by atoms with Gasteiger partial charge in [0.05, 0.1) is 10.6 Å². The minimum absolute atomic E-state index is 0.0688. The van der Waals surface area contributed by atoms with E-state index in [9.17, 15) is 19.7 Å². The molecule has 8 heteroatoms. The smallest absolute Gasteiger partial charge is 0.281 e. The Kier molecular flexibility index (Phi) is 4.25. The summed E-state index contributed by atoms with van der Waals surface area (Å²) in [6.45, 7) is 5.04. The zero-order valence-corrected chi connectivity index (χ0v) is 14.4. The number of aromatic nitrogens is 2. The van der Waals surface area contributed by atoms with Crippen LogP contribution in [0.15, 0.2) is 41.3 Å². The first-order valence-corrected chi connectivity index (χ1v) is 7.84. The fraction of sp³-hybridized carbons (Fsp3) is 0.167. The topological polar surface area (TPSA) is 107 Å². The molecule has 3 aromatic rings. The largest absolute Gasteiger partial charge is 0.316 e. The predicted octanol–water partition coefficient (Wildman–Crippen LogP) is 2.78. The highest BCUT2D eigenvalue weighted by Gasteiger charge is 2.17. The van der Waals surface area contributed by atoms with Crippen LogP contribution in [0.4, 0.5) is 11.4 Å². The van der Waals surface area contributed by atoms with Crippen molar-refractivity contribution in [1.29, 1.82) is 0 Å². The molecular weight excluding hydrogens is 336 g/mol. The zero-order valence-electron chi connectivity index (χ0n) is 14.4. The molecule has 0 aliphatic heterocycles. The number of nitrogens with one attached hydrogen (secondary N) is 1. The Bertz CT molecular complexity index is 1120. The second-order valence-corrected chi connectivity index (χ2v) is 5.97. The lowest BCUT2D eigenvalue weighted by Crippen LogP contribution is -2.25. The van der Waals surface area contributed by atoms with Crippen molar-refractivity contribution < 1.29 is 9.72 Å². The summed E-state index contributed by atoms with van der Waals surface area (Å²) in [6.07, 6.45) is 1.59. The van der Waals surface area contributed by atoms with Gasteiger partial charge in [-0.15, -0.1) is 0 Å². The number of nitrogens with zero attached hydrogens (tertiary/aromatic N) is 3. The van der Waals surface area contributed by atoms with E-state index in [4.69, 9.17) is 0 Å². The number of amides is 1. The molecule has 2 heterocycles. The molecule has 0 aliphatic carbocycles. The summed E-state index contributed by atoms with van der Waals surface area (Å²) in [4.78, 5) is 40.0. The molecule has 2 aromatic heterocycles. The summed E-state index contributed by atoms with van der Waals surface area (Å²) in [5.74, 6) is -0.530. The number of fused-ring (bicyclic) bond motifs is 1. The van der Waals surface area contributed by atoms with Crippen molar-refractivity contribution in [3.8, 4) is 0 Å². The van der Waals surface area contributed by atoms with E-state index in [2.05, 4.69) is 10.3 Å². The van der Waals surface area contributed by atoms with E-state index in [1.165, 1.54) is 22.6 Å². The number of carbonyl (C=O) groups excluding carboxylic acids is 1. The summed E-state index contributed by atoms with van der Waals surface area (Å²) in [5, 5.41) is 13.5. The van der Waals surface area contributed by atoms with Gasteiger partial charge in [-0.05, 0) is 44.5 Å². The first-order valence-electron chi connectivity index (χ1n) is 7.84. The molecule has 0 spiro atoms. The molecule has 8 nitrogen and oxygen atoms in total. The predicted molar refractivity (Wildman–Crippen MR) is 96.7 cm³/mol.